The summed E-state index contributed by atoms with van der Waals surface area (Å²) in [5.41, 5.74) is 0. The van der Waals surface area contributed by atoms with E-state index in [1.54, 1.807) is 0 Å². The molecule has 64 valence electrons. The number of nitrogens with one attached hydrogen (secondary N) is 1. The van der Waals surface area contributed by atoms with Crippen molar-refractivity contribution in [2.75, 3.05) is 19.8 Å². The number of hydrogen-bond acceptors (Lipinski definition) is 2. The third-order valence-corrected chi connectivity index (χ3v) is 1.76. The standard InChI is InChI=1S/C8H15NO2/c1-2-3-11-6-7-4-8(10)9-5-7/h7H,2-6H2,1H3,(H,9,10). The second-order valence-corrected chi connectivity index (χ2v) is 2.95. The number of carbonyl (C=O) groups excluding carboxylic acids is 1. The van der Waals surface area contributed by atoms with E-state index in [0.29, 0.717) is 12.3 Å². The second kappa shape index (κ2) is 4.34. The van der Waals surface area contributed by atoms with Gasteiger partial charge >= 0.3 is 0 Å². The highest BCUT2D eigenvalue weighted by Gasteiger charge is 2.20. The van der Waals surface area contributed by atoms with Crippen molar-refractivity contribution in [2.45, 2.75) is 19.8 Å². The molecule has 1 fully saturated rings. The van der Waals surface area contributed by atoms with E-state index in [1.165, 1.54) is 0 Å². The minimum atomic E-state index is 0.162. The molecule has 1 N–H and O–H groups in total. The van der Waals surface area contributed by atoms with Gasteiger partial charge in [0.2, 0.25) is 5.91 Å². The lowest BCUT2D eigenvalue weighted by atomic mass is 10.1. The van der Waals surface area contributed by atoms with Gasteiger partial charge in [0, 0.05) is 25.5 Å². The fourth-order valence-electron chi connectivity index (χ4n) is 1.18. The largest absolute Gasteiger partial charge is 0.381 e. The Morgan fingerprint density at radius 3 is 3.09 bits per heavy atom. The third kappa shape index (κ3) is 2.89. The Hall–Kier alpha value is -0.570. The van der Waals surface area contributed by atoms with Crippen LogP contribution in [0.25, 0.3) is 0 Å². The number of rotatable bonds is 4. The Morgan fingerprint density at radius 1 is 1.73 bits per heavy atom. The summed E-state index contributed by atoms with van der Waals surface area (Å²) in [4.78, 5) is 10.7. The van der Waals surface area contributed by atoms with E-state index >= 15 is 0 Å². The van der Waals surface area contributed by atoms with Gasteiger partial charge in [0.1, 0.15) is 0 Å². The minimum Gasteiger partial charge on any atom is -0.381 e. The van der Waals surface area contributed by atoms with Crippen LogP contribution in [-0.2, 0) is 9.53 Å². The molecule has 0 spiro atoms. The van der Waals surface area contributed by atoms with Gasteiger partial charge in [0.15, 0.2) is 0 Å². The Bertz CT molecular complexity index is 136. The van der Waals surface area contributed by atoms with Crippen LogP contribution in [0.1, 0.15) is 19.8 Å². The van der Waals surface area contributed by atoms with Crippen molar-refractivity contribution in [1.29, 1.82) is 0 Å². The summed E-state index contributed by atoms with van der Waals surface area (Å²) in [5, 5.41) is 2.78. The summed E-state index contributed by atoms with van der Waals surface area (Å²) in [5.74, 6) is 0.573. The molecular formula is C8H15NO2. The maximum Gasteiger partial charge on any atom is 0.220 e. The molecule has 3 nitrogen and oxygen atoms in total. The Kier molecular flexibility index (Phi) is 3.36. The number of ether oxygens (including phenoxy) is 1. The molecule has 1 rings (SSSR count). The summed E-state index contributed by atoms with van der Waals surface area (Å²) < 4.78 is 5.32. The average Bonchev–Trinajstić information content (AvgIpc) is 2.37. The number of carbonyl (C=O) groups is 1. The molecule has 11 heavy (non-hydrogen) atoms. The van der Waals surface area contributed by atoms with Crippen LogP contribution >= 0.6 is 0 Å². The maximum atomic E-state index is 10.7. The molecular weight excluding hydrogens is 142 g/mol. The van der Waals surface area contributed by atoms with Gasteiger partial charge in [0.05, 0.1) is 6.61 Å². The van der Waals surface area contributed by atoms with Gasteiger partial charge in [-0.3, -0.25) is 4.79 Å². The minimum absolute atomic E-state index is 0.162. The van der Waals surface area contributed by atoms with Crippen LogP contribution in [0.5, 0.6) is 0 Å². The Labute approximate surface area is 67.1 Å². The van der Waals surface area contributed by atoms with Crippen molar-refractivity contribution in [1.82, 2.24) is 5.32 Å². The highest BCUT2D eigenvalue weighted by Crippen LogP contribution is 2.08. The lowest BCUT2D eigenvalue weighted by Crippen LogP contribution is -2.15. The zero-order valence-electron chi connectivity index (χ0n) is 6.93. The summed E-state index contributed by atoms with van der Waals surface area (Å²) >= 11 is 0. The molecule has 0 aromatic heterocycles. The monoisotopic (exact) mass is 157 g/mol. The summed E-state index contributed by atoms with van der Waals surface area (Å²) in [6, 6.07) is 0. The normalized spacial score (nSPS) is 23.7. The molecule has 3 heteroatoms. The predicted molar refractivity (Wildman–Crippen MR) is 42.2 cm³/mol. The van der Waals surface area contributed by atoms with E-state index in [0.717, 1.165) is 26.2 Å². The quantitative estimate of drug-likeness (QED) is 0.605. The van der Waals surface area contributed by atoms with Crippen LogP contribution < -0.4 is 5.32 Å². The molecule has 0 aromatic carbocycles. The molecule has 0 aliphatic carbocycles. The van der Waals surface area contributed by atoms with Crippen molar-refractivity contribution in [3.8, 4) is 0 Å². The molecule has 1 atom stereocenters. The van der Waals surface area contributed by atoms with Gasteiger partial charge in [-0.15, -0.1) is 0 Å². The Balaban J connectivity index is 2.04. The summed E-state index contributed by atoms with van der Waals surface area (Å²) in [6.07, 6.45) is 1.69. The van der Waals surface area contributed by atoms with E-state index in [-0.39, 0.29) is 5.91 Å². The molecule has 0 radical (unpaired) electrons. The number of amides is 1. The molecule has 1 heterocycles. The molecule has 1 saturated heterocycles. The third-order valence-electron chi connectivity index (χ3n) is 1.76. The zero-order chi connectivity index (χ0) is 8.10. The summed E-state index contributed by atoms with van der Waals surface area (Å²) in [7, 11) is 0. The second-order valence-electron chi connectivity index (χ2n) is 2.95. The van der Waals surface area contributed by atoms with Crippen molar-refractivity contribution in [2.24, 2.45) is 5.92 Å². The SMILES string of the molecule is CCCOCC1CNC(=O)C1. The van der Waals surface area contributed by atoms with Crippen LogP contribution in [0, 0.1) is 5.92 Å². The van der Waals surface area contributed by atoms with Crippen LogP contribution in [-0.4, -0.2) is 25.7 Å². The molecule has 0 bridgehead atoms. The first kappa shape index (κ1) is 8.53. The number of hydrogen-bond donors (Lipinski definition) is 1. The van der Waals surface area contributed by atoms with Crippen LogP contribution in [0.4, 0.5) is 0 Å². The molecule has 1 unspecified atom stereocenters. The fraction of sp³-hybridized carbons (Fsp3) is 0.875. The first-order valence-electron chi connectivity index (χ1n) is 4.17. The van der Waals surface area contributed by atoms with Crippen molar-refractivity contribution in [3.63, 3.8) is 0 Å². The topological polar surface area (TPSA) is 38.3 Å². The molecule has 0 aromatic rings. The fourth-order valence-corrected chi connectivity index (χ4v) is 1.18. The molecule has 1 aliphatic rings. The lowest BCUT2D eigenvalue weighted by molar-refractivity contribution is -0.119. The van der Waals surface area contributed by atoms with E-state index in [2.05, 4.69) is 12.2 Å². The predicted octanol–water partition coefficient (Wildman–Crippen LogP) is 0.549. The van der Waals surface area contributed by atoms with Crippen molar-refractivity contribution >= 4 is 5.91 Å². The highest BCUT2D eigenvalue weighted by molar-refractivity contribution is 5.78. The van der Waals surface area contributed by atoms with E-state index in [1.807, 2.05) is 0 Å². The van der Waals surface area contributed by atoms with Gasteiger partial charge in [-0.25, -0.2) is 0 Å². The van der Waals surface area contributed by atoms with E-state index in [9.17, 15) is 4.79 Å². The van der Waals surface area contributed by atoms with Crippen molar-refractivity contribution < 1.29 is 9.53 Å². The lowest BCUT2D eigenvalue weighted by Gasteiger charge is -2.06. The first-order valence-corrected chi connectivity index (χ1v) is 4.17. The van der Waals surface area contributed by atoms with Gasteiger partial charge in [0.25, 0.3) is 0 Å². The molecule has 0 saturated carbocycles. The van der Waals surface area contributed by atoms with Gasteiger partial charge in [-0.2, -0.15) is 0 Å². The smallest absolute Gasteiger partial charge is 0.220 e. The van der Waals surface area contributed by atoms with Crippen LogP contribution in [0.15, 0.2) is 0 Å². The Morgan fingerprint density at radius 2 is 2.55 bits per heavy atom. The zero-order valence-corrected chi connectivity index (χ0v) is 6.93. The van der Waals surface area contributed by atoms with Gasteiger partial charge in [-0.05, 0) is 6.42 Å². The van der Waals surface area contributed by atoms with E-state index < -0.39 is 0 Å². The summed E-state index contributed by atoms with van der Waals surface area (Å²) in [6.45, 7) is 4.41. The van der Waals surface area contributed by atoms with Crippen LogP contribution in [0.3, 0.4) is 0 Å². The molecule has 1 aliphatic heterocycles. The van der Waals surface area contributed by atoms with Crippen molar-refractivity contribution in [3.05, 3.63) is 0 Å². The van der Waals surface area contributed by atoms with E-state index in [4.69, 9.17) is 4.74 Å². The first-order chi connectivity index (χ1) is 5.33. The highest BCUT2D eigenvalue weighted by atomic mass is 16.5. The van der Waals surface area contributed by atoms with Gasteiger partial charge < -0.3 is 10.1 Å². The average molecular weight is 157 g/mol. The van der Waals surface area contributed by atoms with Crippen LogP contribution in [0.2, 0.25) is 0 Å². The molecule has 1 amide bonds. The maximum absolute atomic E-state index is 10.7. The van der Waals surface area contributed by atoms with Gasteiger partial charge in [-0.1, -0.05) is 6.92 Å².